The van der Waals surface area contributed by atoms with E-state index in [-0.39, 0.29) is 6.04 Å². The number of likely N-dealkylation sites (N-methyl/N-ethyl adjacent to an activating group) is 1. The number of nitrogens with one attached hydrogen (secondary N) is 1. The lowest BCUT2D eigenvalue weighted by molar-refractivity contribution is -0.205. The van der Waals surface area contributed by atoms with E-state index in [9.17, 15) is 18.0 Å². The summed E-state index contributed by atoms with van der Waals surface area (Å²) in [5, 5.41) is 16.7. The van der Waals surface area contributed by atoms with Crippen LogP contribution < -0.4 is 5.32 Å². The highest BCUT2D eigenvalue weighted by Gasteiger charge is 2.39. The van der Waals surface area contributed by atoms with E-state index in [1.165, 1.54) is 7.05 Å². The molecule has 2 aromatic rings. The lowest BCUT2D eigenvalue weighted by Gasteiger charge is -2.22. The highest BCUT2D eigenvalue weighted by molar-refractivity contribution is 5.92. The Morgan fingerprint density at radius 1 is 1.42 bits per heavy atom. The molecule has 9 heteroatoms. The van der Waals surface area contributed by atoms with Crippen molar-refractivity contribution in [1.82, 2.24) is 14.7 Å². The van der Waals surface area contributed by atoms with Crippen molar-refractivity contribution < 1.29 is 23.1 Å². The van der Waals surface area contributed by atoms with Gasteiger partial charge in [0.25, 0.3) is 0 Å². The van der Waals surface area contributed by atoms with Gasteiger partial charge in [-0.1, -0.05) is 0 Å². The minimum Gasteiger partial charge on any atom is -0.382 e. The summed E-state index contributed by atoms with van der Waals surface area (Å²) in [5.74, 6) is 0. The number of rotatable bonds is 4. The average molecular weight is 344 g/mol. The second kappa shape index (κ2) is 6.68. The van der Waals surface area contributed by atoms with Gasteiger partial charge >= 0.3 is 12.2 Å². The van der Waals surface area contributed by atoms with Gasteiger partial charge in [-0.25, -0.2) is 4.79 Å². The first-order valence-corrected chi connectivity index (χ1v) is 7.33. The maximum absolute atomic E-state index is 12.3. The standard InChI is InChI=1S/C15H19F3N4O2/c1-9(2)22-7-10-6-11(4-5-12(10)20-22)19-14(24)21(3)8-13(23)15(16,17)18/h4-7,9,13,23H,8H2,1-3H3,(H,19,24). The number of urea groups is 1. The molecule has 0 bridgehead atoms. The molecule has 2 rings (SSSR count). The van der Waals surface area contributed by atoms with E-state index in [0.717, 1.165) is 15.8 Å². The molecule has 0 spiro atoms. The average Bonchev–Trinajstić information content (AvgIpc) is 2.89. The van der Waals surface area contributed by atoms with E-state index in [1.807, 2.05) is 20.0 Å². The molecule has 1 aromatic heterocycles. The summed E-state index contributed by atoms with van der Waals surface area (Å²) in [6.07, 6.45) is -5.52. The van der Waals surface area contributed by atoms with Gasteiger partial charge in [-0.2, -0.15) is 18.3 Å². The molecule has 6 nitrogen and oxygen atoms in total. The molecule has 1 heterocycles. The number of amides is 2. The van der Waals surface area contributed by atoms with Crippen molar-refractivity contribution >= 4 is 22.6 Å². The minimum atomic E-state index is -4.77. The number of nitrogens with zero attached hydrogens (tertiary/aromatic N) is 3. The summed E-state index contributed by atoms with van der Waals surface area (Å²) in [5.41, 5.74) is 1.19. The van der Waals surface area contributed by atoms with Gasteiger partial charge in [0.05, 0.1) is 12.1 Å². The number of aliphatic hydroxyl groups is 1. The zero-order valence-electron chi connectivity index (χ0n) is 13.5. The third-order valence-electron chi connectivity index (χ3n) is 3.47. The summed E-state index contributed by atoms with van der Waals surface area (Å²) in [6.45, 7) is 3.12. The van der Waals surface area contributed by atoms with E-state index >= 15 is 0 Å². The molecule has 1 atom stereocenters. The highest BCUT2D eigenvalue weighted by atomic mass is 19.4. The van der Waals surface area contributed by atoms with E-state index < -0.39 is 24.9 Å². The molecule has 0 saturated carbocycles. The number of aliphatic hydroxyl groups excluding tert-OH is 1. The Bertz CT molecular complexity index is 727. The highest BCUT2D eigenvalue weighted by Crippen LogP contribution is 2.22. The van der Waals surface area contributed by atoms with Crippen LogP contribution in [0.15, 0.2) is 24.4 Å². The van der Waals surface area contributed by atoms with Crippen molar-refractivity contribution in [2.24, 2.45) is 0 Å². The van der Waals surface area contributed by atoms with Crippen LogP contribution >= 0.6 is 0 Å². The Morgan fingerprint density at radius 2 is 2.08 bits per heavy atom. The number of aromatic nitrogens is 2. The largest absolute Gasteiger partial charge is 0.416 e. The normalized spacial score (nSPS) is 13.3. The van der Waals surface area contributed by atoms with Gasteiger partial charge < -0.3 is 15.3 Å². The van der Waals surface area contributed by atoms with Crippen LogP contribution in [0, 0.1) is 0 Å². The molecule has 24 heavy (non-hydrogen) atoms. The van der Waals surface area contributed by atoms with E-state index in [4.69, 9.17) is 5.11 Å². The maximum atomic E-state index is 12.3. The van der Waals surface area contributed by atoms with Crippen LogP contribution in [0.1, 0.15) is 19.9 Å². The Labute approximate surface area is 136 Å². The molecule has 1 unspecified atom stereocenters. The van der Waals surface area contributed by atoms with Crippen LogP contribution in [0.5, 0.6) is 0 Å². The molecular formula is C15H19F3N4O2. The van der Waals surface area contributed by atoms with Crippen LogP contribution in [0.4, 0.5) is 23.7 Å². The predicted octanol–water partition coefficient (Wildman–Crippen LogP) is 3.00. The fraction of sp³-hybridized carbons (Fsp3) is 0.467. The number of alkyl halides is 3. The minimum absolute atomic E-state index is 0.186. The lowest BCUT2D eigenvalue weighted by atomic mass is 10.2. The summed E-state index contributed by atoms with van der Waals surface area (Å²) < 4.78 is 38.8. The summed E-state index contributed by atoms with van der Waals surface area (Å²) in [6, 6.07) is 4.47. The van der Waals surface area contributed by atoms with Gasteiger partial charge in [-0.3, -0.25) is 4.68 Å². The summed E-state index contributed by atoms with van der Waals surface area (Å²) in [7, 11) is 1.18. The molecule has 0 fully saturated rings. The Morgan fingerprint density at radius 3 is 2.67 bits per heavy atom. The first-order valence-electron chi connectivity index (χ1n) is 7.33. The number of fused-ring (bicyclic) bond motifs is 1. The van der Waals surface area contributed by atoms with Gasteiger partial charge in [-0.05, 0) is 32.0 Å². The number of halogens is 3. The van der Waals surface area contributed by atoms with Gasteiger partial charge in [0.2, 0.25) is 0 Å². The number of carbonyl (C=O) groups is 1. The van der Waals surface area contributed by atoms with Crippen molar-refractivity contribution in [3.05, 3.63) is 24.4 Å². The SMILES string of the molecule is CC(C)n1cc2cc(NC(=O)N(C)CC(O)C(F)(F)F)ccc2n1. The molecular weight excluding hydrogens is 325 g/mol. The van der Waals surface area contributed by atoms with Crippen LogP contribution in [-0.4, -0.2) is 51.7 Å². The van der Waals surface area contributed by atoms with Crippen molar-refractivity contribution in [3.8, 4) is 0 Å². The fourth-order valence-electron chi connectivity index (χ4n) is 2.05. The molecule has 1 aromatic carbocycles. The third kappa shape index (κ3) is 4.16. The van der Waals surface area contributed by atoms with Gasteiger partial charge in [0.1, 0.15) is 0 Å². The van der Waals surface area contributed by atoms with E-state index in [1.54, 1.807) is 22.9 Å². The Balaban J connectivity index is 2.07. The second-order valence-electron chi connectivity index (χ2n) is 5.84. The summed E-state index contributed by atoms with van der Waals surface area (Å²) >= 11 is 0. The molecule has 0 aliphatic carbocycles. The molecule has 2 amide bonds. The molecule has 0 aliphatic heterocycles. The molecule has 0 saturated heterocycles. The Kier molecular flexibility index (Phi) is 5.02. The summed E-state index contributed by atoms with van der Waals surface area (Å²) in [4.78, 5) is 12.7. The monoisotopic (exact) mass is 344 g/mol. The van der Waals surface area contributed by atoms with Crippen molar-refractivity contribution in [2.75, 3.05) is 18.9 Å². The van der Waals surface area contributed by atoms with Crippen LogP contribution in [0.2, 0.25) is 0 Å². The first kappa shape index (κ1) is 18.1. The fourth-order valence-corrected chi connectivity index (χ4v) is 2.05. The molecule has 0 aliphatic rings. The molecule has 2 N–H and O–H groups in total. The molecule has 132 valence electrons. The topological polar surface area (TPSA) is 70.4 Å². The lowest BCUT2D eigenvalue weighted by Crippen LogP contribution is -2.43. The van der Waals surface area contributed by atoms with Crippen LogP contribution in [-0.2, 0) is 0 Å². The maximum Gasteiger partial charge on any atom is 0.416 e. The number of benzene rings is 1. The first-order chi connectivity index (χ1) is 11.1. The van der Waals surface area contributed by atoms with E-state index in [2.05, 4.69) is 10.4 Å². The van der Waals surface area contributed by atoms with Gasteiger partial charge in [0, 0.05) is 30.4 Å². The van der Waals surface area contributed by atoms with Gasteiger partial charge in [0.15, 0.2) is 6.10 Å². The van der Waals surface area contributed by atoms with Crippen molar-refractivity contribution in [2.45, 2.75) is 32.2 Å². The van der Waals surface area contributed by atoms with Crippen LogP contribution in [0.25, 0.3) is 10.9 Å². The Hall–Kier alpha value is -2.29. The number of carbonyl (C=O) groups excluding carboxylic acids is 1. The second-order valence-corrected chi connectivity index (χ2v) is 5.84. The predicted molar refractivity (Wildman–Crippen MR) is 83.8 cm³/mol. The molecule has 0 radical (unpaired) electrons. The number of anilines is 1. The number of hydrogen-bond acceptors (Lipinski definition) is 3. The van der Waals surface area contributed by atoms with Gasteiger partial charge in [-0.15, -0.1) is 0 Å². The van der Waals surface area contributed by atoms with Crippen molar-refractivity contribution in [1.29, 1.82) is 0 Å². The zero-order chi connectivity index (χ0) is 18.1. The quantitative estimate of drug-likeness (QED) is 0.896. The third-order valence-corrected chi connectivity index (χ3v) is 3.47. The van der Waals surface area contributed by atoms with E-state index in [0.29, 0.717) is 5.69 Å². The van der Waals surface area contributed by atoms with Crippen LogP contribution in [0.3, 0.4) is 0 Å². The zero-order valence-corrected chi connectivity index (χ0v) is 13.5. The smallest absolute Gasteiger partial charge is 0.382 e. The van der Waals surface area contributed by atoms with Crippen molar-refractivity contribution in [3.63, 3.8) is 0 Å². The number of hydrogen-bond donors (Lipinski definition) is 2.